The Morgan fingerprint density at radius 1 is 1.24 bits per heavy atom. The van der Waals surface area contributed by atoms with Crippen LogP contribution in [0.25, 0.3) is 10.9 Å². The van der Waals surface area contributed by atoms with E-state index < -0.39 is 0 Å². The van der Waals surface area contributed by atoms with Crippen molar-refractivity contribution in [2.75, 3.05) is 6.54 Å². The lowest BCUT2D eigenvalue weighted by atomic mass is 10.2. The summed E-state index contributed by atoms with van der Waals surface area (Å²) in [6, 6.07) is 14.4. The number of nitrogens with one attached hydrogen (secondary N) is 1. The predicted octanol–water partition coefficient (Wildman–Crippen LogP) is 3.37. The van der Waals surface area contributed by atoms with Gasteiger partial charge in [-0.15, -0.1) is 11.3 Å². The van der Waals surface area contributed by atoms with Gasteiger partial charge in [0.15, 0.2) is 0 Å². The molecule has 108 valence electrons. The molecule has 0 radical (unpaired) electrons. The van der Waals surface area contributed by atoms with Gasteiger partial charge in [-0.2, -0.15) is 0 Å². The number of para-hydroxylation sites is 1. The fraction of sp³-hybridized carbons (Fsp3) is 0.235. The molecule has 2 aromatic heterocycles. The summed E-state index contributed by atoms with van der Waals surface area (Å²) >= 11 is 1.73. The monoisotopic (exact) mass is 298 g/mol. The number of aryl methyl sites for hydroxylation is 1. The van der Waals surface area contributed by atoms with Gasteiger partial charge in [-0.05, 0) is 42.3 Å². The van der Waals surface area contributed by atoms with Crippen LogP contribution >= 0.6 is 11.3 Å². The minimum absolute atomic E-state index is 0.0657. The van der Waals surface area contributed by atoms with Crippen molar-refractivity contribution in [2.24, 2.45) is 0 Å². The number of benzene rings is 1. The lowest BCUT2D eigenvalue weighted by Gasteiger charge is -2.09. The molecule has 2 heterocycles. The van der Waals surface area contributed by atoms with Crippen LogP contribution in [0.3, 0.4) is 0 Å². The molecule has 0 fully saturated rings. The number of thiophene rings is 1. The van der Waals surface area contributed by atoms with Crippen molar-refractivity contribution in [3.8, 4) is 0 Å². The lowest BCUT2D eigenvalue weighted by Crippen LogP contribution is -2.29. The van der Waals surface area contributed by atoms with E-state index in [-0.39, 0.29) is 5.91 Å². The quantitative estimate of drug-likeness (QED) is 0.770. The van der Waals surface area contributed by atoms with E-state index in [1.54, 1.807) is 11.3 Å². The van der Waals surface area contributed by atoms with Crippen molar-refractivity contribution in [1.29, 1.82) is 0 Å². The summed E-state index contributed by atoms with van der Waals surface area (Å²) < 4.78 is 2.07. The lowest BCUT2D eigenvalue weighted by molar-refractivity contribution is -0.121. The van der Waals surface area contributed by atoms with Crippen molar-refractivity contribution in [3.63, 3.8) is 0 Å². The van der Waals surface area contributed by atoms with Crippen LogP contribution in [0, 0.1) is 6.92 Å². The highest BCUT2D eigenvalue weighted by Gasteiger charge is 2.09. The van der Waals surface area contributed by atoms with E-state index in [0.29, 0.717) is 13.1 Å². The summed E-state index contributed by atoms with van der Waals surface area (Å²) in [6.45, 7) is 3.11. The van der Waals surface area contributed by atoms with Crippen molar-refractivity contribution < 1.29 is 4.79 Å². The van der Waals surface area contributed by atoms with Crippen LogP contribution in [0.15, 0.2) is 47.8 Å². The summed E-state index contributed by atoms with van der Waals surface area (Å²) in [5.74, 6) is 0.0657. The Balaban J connectivity index is 1.62. The Morgan fingerprint density at radius 2 is 2.10 bits per heavy atom. The summed E-state index contributed by atoms with van der Waals surface area (Å²) in [5, 5.41) is 6.24. The first kappa shape index (κ1) is 13.9. The topological polar surface area (TPSA) is 34.0 Å². The Bertz CT molecular complexity index is 743. The molecule has 3 aromatic rings. The van der Waals surface area contributed by atoms with E-state index >= 15 is 0 Å². The van der Waals surface area contributed by atoms with Gasteiger partial charge in [0, 0.05) is 22.6 Å². The molecule has 4 heteroatoms. The van der Waals surface area contributed by atoms with Gasteiger partial charge < -0.3 is 9.88 Å². The molecule has 3 rings (SSSR count). The van der Waals surface area contributed by atoms with Crippen LogP contribution < -0.4 is 5.32 Å². The zero-order chi connectivity index (χ0) is 14.7. The molecule has 0 aliphatic carbocycles. The van der Waals surface area contributed by atoms with E-state index in [1.807, 2.05) is 25.1 Å². The summed E-state index contributed by atoms with van der Waals surface area (Å²) in [6.07, 6.45) is 0.898. The standard InChI is InChI=1S/C17H18N2OS/c1-13-11-14-5-2-3-7-16(14)19(13)12-17(20)18-9-8-15-6-4-10-21-15/h2-7,10-11H,8-9,12H2,1H3,(H,18,20). The van der Waals surface area contributed by atoms with Crippen LogP contribution in [0.2, 0.25) is 0 Å². The molecule has 1 amide bonds. The number of fused-ring (bicyclic) bond motifs is 1. The average molecular weight is 298 g/mol. The molecule has 0 aliphatic heterocycles. The third-order valence-electron chi connectivity index (χ3n) is 3.59. The van der Waals surface area contributed by atoms with E-state index in [0.717, 1.165) is 17.6 Å². The normalized spacial score (nSPS) is 10.9. The van der Waals surface area contributed by atoms with E-state index in [1.165, 1.54) is 10.3 Å². The number of hydrogen-bond donors (Lipinski definition) is 1. The smallest absolute Gasteiger partial charge is 0.239 e. The van der Waals surface area contributed by atoms with Gasteiger partial charge in [0.25, 0.3) is 0 Å². The maximum absolute atomic E-state index is 12.1. The molecule has 0 atom stereocenters. The molecule has 1 aromatic carbocycles. The highest BCUT2D eigenvalue weighted by atomic mass is 32.1. The van der Waals surface area contributed by atoms with Crippen molar-refractivity contribution >= 4 is 28.1 Å². The first-order valence-electron chi connectivity index (χ1n) is 7.08. The first-order valence-corrected chi connectivity index (χ1v) is 7.96. The van der Waals surface area contributed by atoms with E-state index in [2.05, 4.69) is 39.5 Å². The Labute approximate surface area is 128 Å². The molecular formula is C17H18N2OS. The number of rotatable bonds is 5. The summed E-state index contributed by atoms with van der Waals surface area (Å²) in [5.41, 5.74) is 2.23. The van der Waals surface area contributed by atoms with E-state index in [9.17, 15) is 4.79 Å². The van der Waals surface area contributed by atoms with Crippen molar-refractivity contribution in [3.05, 3.63) is 58.4 Å². The maximum Gasteiger partial charge on any atom is 0.239 e. The van der Waals surface area contributed by atoms with Gasteiger partial charge in [-0.1, -0.05) is 24.3 Å². The molecule has 0 aliphatic rings. The van der Waals surface area contributed by atoms with E-state index in [4.69, 9.17) is 0 Å². The van der Waals surface area contributed by atoms with Gasteiger partial charge in [0.1, 0.15) is 6.54 Å². The summed E-state index contributed by atoms with van der Waals surface area (Å²) in [4.78, 5) is 13.4. The second kappa shape index (κ2) is 6.14. The SMILES string of the molecule is Cc1cc2ccccc2n1CC(=O)NCCc1cccs1. The summed E-state index contributed by atoms with van der Waals surface area (Å²) in [7, 11) is 0. The Kier molecular flexibility index (Phi) is 4.06. The van der Waals surface area contributed by atoms with Crippen molar-refractivity contribution in [2.45, 2.75) is 19.9 Å². The number of carbonyl (C=O) groups excluding carboxylic acids is 1. The largest absolute Gasteiger partial charge is 0.354 e. The second-order valence-electron chi connectivity index (χ2n) is 5.11. The minimum atomic E-state index is 0.0657. The van der Waals surface area contributed by atoms with Gasteiger partial charge >= 0.3 is 0 Å². The molecule has 0 saturated carbocycles. The molecule has 0 saturated heterocycles. The van der Waals surface area contributed by atoms with Gasteiger partial charge in [0.05, 0.1) is 0 Å². The highest BCUT2D eigenvalue weighted by molar-refractivity contribution is 7.09. The van der Waals surface area contributed by atoms with Gasteiger partial charge in [-0.3, -0.25) is 4.79 Å². The zero-order valence-corrected chi connectivity index (χ0v) is 12.8. The number of aromatic nitrogens is 1. The molecule has 0 unspecified atom stereocenters. The third-order valence-corrected chi connectivity index (χ3v) is 4.53. The second-order valence-corrected chi connectivity index (χ2v) is 6.14. The predicted molar refractivity (Wildman–Crippen MR) is 87.7 cm³/mol. The Hall–Kier alpha value is -2.07. The van der Waals surface area contributed by atoms with Crippen LogP contribution in [0.1, 0.15) is 10.6 Å². The van der Waals surface area contributed by atoms with Gasteiger partial charge in [-0.25, -0.2) is 0 Å². The number of carbonyl (C=O) groups is 1. The minimum Gasteiger partial charge on any atom is -0.354 e. The number of amides is 1. The van der Waals surface area contributed by atoms with Crippen LogP contribution in [-0.4, -0.2) is 17.0 Å². The van der Waals surface area contributed by atoms with Gasteiger partial charge in [0.2, 0.25) is 5.91 Å². The molecule has 21 heavy (non-hydrogen) atoms. The fourth-order valence-corrected chi connectivity index (χ4v) is 3.25. The fourth-order valence-electron chi connectivity index (χ4n) is 2.54. The highest BCUT2D eigenvalue weighted by Crippen LogP contribution is 2.18. The molecular weight excluding hydrogens is 280 g/mol. The Morgan fingerprint density at radius 3 is 2.90 bits per heavy atom. The third kappa shape index (κ3) is 3.16. The van der Waals surface area contributed by atoms with Crippen LogP contribution in [-0.2, 0) is 17.8 Å². The molecule has 0 bridgehead atoms. The first-order chi connectivity index (χ1) is 10.2. The van der Waals surface area contributed by atoms with Crippen molar-refractivity contribution in [1.82, 2.24) is 9.88 Å². The molecule has 0 spiro atoms. The molecule has 3 nitrogen and oxygen atoms in total. The average Bonchev–Trinajstić information content (AvgIpc) is 3.08. The molecule has 1 N–H and O–H groups in total. The van der Waals surface area contributed by atoms with Crippen LogP contribution in [0.4, 0.5) is 0 Å². The maximum atomic E-state index is 12.1. The number of nitrogens with zero attached hydrogens (tertiary/aromatic N) is 1. The zero-order valence-electron chi connectivity index (χ0n) is 12.0. The number of hydrogen-bond acceptors (Lipinski definition) is 2. The van der Waals surface area contributed by atoms with Crippen LogP contribution in [0.5, 0.6) is 0 Å².